The Labute approximate surface area is 653 Å². The summed E-state index contributed by atoms with van der Waals surface area (Å²) in [6.45, 7) is 0. The first-order chi connectivity index (χ1) is 55.5. The van der Waals surface area contributed by atoms with Gasteiger partial charge in [-0.05, 0) is 136 Å². The third-order valence-corrected chi connectivity index (χ3v) is 23.6. The van der Waals surface area contributed by atoms with E-state index in [4.69, 9.17) is 29.9 Å². The van der Waals surface area contributed by atoms with Gasteiger partial charge in [-0.1, -0.05) is 297 Å². The molecular weight excluding hydrogens is 1400 g/mol. The fourth-order valence-electron chi connectivity index (χ4n) is 15.9. The van der Waals surface area contributed by atoms with Gasteiger partial charge in [0.1, 0.15) is 0 Å². The van der Waals surface area contributed by atoms with Crippen LogP contribution in [0.2, 0.25) is 0 Å². The topological polar surface area (TPSA) is 87.2 Å². The quantitative estimate of drug-likeness (QED) is 0.121. The maximum Gasteiger partial charge on any atom is 0.164 e. The molecule has 524 valence electrons. The summed E-state index contributed by atoms with van der Waals surface area (Å²) >= 11 is 3.60. The van der Waals surface area contributed by atoms with Gasteiger partial charge >= 0.3 is 0 Å². The lowest BCUT2D eigenvalue weighted by atomic mass is 10.0. The molecule has 6 aromatic heterocycles. The molecule has 22 rings (SSSR count). The maximum atomic E-state index is 5.10. The van der Waals surface area contributed by atoms with Crippen molar-refractivity contribution in [3.63, 3.8) is 0 Å². The number of hydrogen-bond donors (Lipinski definition) is 0. The predicted octanol–water partition coefficient (Wildman–Crippen LogP) is 27.3. The second-order valence-corrected chi connectivity index (χ2v) is 30.3. The van der Waals surface area contributed by atoms with Crippen LogP contribution >= 0.6 is 22.7 Å². The minimum absolute atomic E-state index is 0.639. The van der Waals surface area contributed by atoms with Crippen LogP contribution in [-0.2, 0) is 0 Å². The predicted molar refractivity (Wildman–Crippen MR) is 468 cm³/mol. The number of nitrogens with zero attached hydrogens (tertiary/aromatic N) is 8. The highest BCUT2D eigenvalue weighted by Gasteiger charge is 2.21. The van der Waals surface area contributed by atoms with Crippen LogP contribution in [0.3, 0.4) is 0 Å². The molecule has 112 heavy (non-hydrogen) atoms. The molecule has 0 fully saturated rings. The summed E-state index contributed by atoms with van der Waals surface area (Å²) in [4.78, 5) is 30.3. The molecule has 0 spiro atoms. The fourth-order valence-corrected chi connectivity index (χ4v) is 18.1. The molecule has 0 N–H and O–H groups in total. The van der Waals surface area contributed by atoms with E-state index in [9.17, 15) is 0 Å². The first-order valence-corrected chi connectivity index (χ1v) is 39.2. The second-order valence-electron chi connectivity index (χ2n) is 28.1. The molecular formula is C102H64N8S2. The van der Waals surface area contributed by atoms with E-state index in [0.29, 0.717) is 34.9 Å². The molecule has 0 amide bonds. The van der Waals surface area contributed by atoms with Gasteiger partial charge in [0, 0.05) is 107 Å². The first kappa shape index (κ1) is 65.8. The van der Waals surface area contributed by atoms with Crippen LogP contribution in [-0.4, -0.2) is 39.0 Å². The average Bonchev–Trinajstić information content (AvgIpc) is 1.58. The van der Waals surface area contributed by atoms with Crippen LogP contribution in [0.1, 0.15) is 0 Å². The third kappa shape index (κ3) is 12.1. The van der Waals surface area contributed by atoms with Crippen LogP contribution in [0.15, 0.2) is 388 Å². The summed E-state index contributed by atoms with van der Waals surface area (Å²) in [7, 11) is 0. The van der Waals surface area contributed by atoms with Gasteiger partial charge in [-0.15, -0.1) is 22.7 Å². The van der Waals surface area contributed by atoms with E-state index in [1.54, 1.807) is 22.7 Å². The van der Waals surface area contributed by atoms with E-state index in [2.05, 4.69) is 361 Å². The van der Waals surface area contributed by atoms with Gasteiger partial charge in [-0.2, -0.15) is 0 Å². The number of hydrogen-bond acceptors (Lipinski definition) is 8. The normalized spacial score (nSPS) is 11.6. The van der Waals surface area contributed by atoms with Crippen LogP contribution in [0.25, 0.3) is 208 Å². The highest BCUT2D eigenvalue weighted by molar-refractivity contribution is 7.26. The molecule has 0 radical (unpaired) electrons. The largest absolute Gasteiger partial charge is 0.309 e. The van der Waals surface area contributed by atoms with Crippen LogP contribution in [0.4, 0.5) is 0 Å². The number of benzene rings is 16. The molecule has 0 aliphatic rings. The Balaban J connectivity index is 0.000000145. The van der Waals surface area contributed by atoms with Gasteiger partial charge in [0.15, 0.2) is 34.9 Å². The SMILES string of the molecule is c1ccc(-c2ccc3c(c2)c2cc(-c4ccccc4)ccc2n3-c2cccc(-c3ccc(-c4nc(-c5ccccc5)nc(-c5ccc6c(c5)sc5ccccc56)n4)cc3)c2)cc1.c1ccc(-c2nc(-c3cccc(-c4cccc(-n5c6ccccc6c6ccccc65)c4)c3)nc(-c3ccc4c(c3)sc3ccccc34)n2)cc1. The standard InChI is InChI=1S/C57H36N4S.C45H28N4S/c1-4-13-37(14-5-1)43-28-31-51-49(34-43)50-35-44(38-15-6-2-7-16-38)29-32-52(50)61(51)46-20-12-19-42(33-46)39-23-25-41(26-24-39)56-58-55(40-17-8-3-9-18-40)59-57(60-56)45-27-30-48-47-21-10-11-22-53(47)62-54(48)36-45;1-2-12-29(13-3-1)43-46-44(48-45(47-43)33-24-25-38-37-20-6-9-23-41(37)50-42(38)28-33)32-16-10-14-30(26-32)31-15-11-17-34(27-31)49-39-21-7-4-18-35(39)36-19-5-8-22-40(36)49/h1-36H;1-28H. The van der Waals surface area contributed by atoms with E-state index in [1.165, 1.54) is 106 Å². The molecule has 22 aromatic rings. The Morgan fingerprint density at radius 1 is 0.152 bits per heavy atom. The zero-order chi connectivity index (χ0) is 74.0. The van der Waals surface area contributed by atoms with Crippen LogP contribution in [0.5, 0.6) is 0 Å². The van der Waals surface area contributed by atoms with Gasteiger partial charge in [-0.25, -0.2) is 29.9 Å². The first-order valence-electron chi connectivity index (χ1n) is 37.5. The number of thiophene rings is 2. The molecule has 0 aliphatic carbocycles. The summed E-state index contributed by atoms with van der Waals surface area (Å²) in [6, 6.07) is 137. The van der Waals surface area contributed by atoms with E-state index >= 15 is 0 Å². The smallest absolute Gasteiger partial charge is 0.164 e. The fraction of sp³-hybridized carbons (Fsp3) is 0. The van der Waals surface area contributed by atoms with Gasteiger partial charge in [0.25, 0.3) is 0 Å². The average molecular weight is 1470 g/mol. The van der Waals surface area contributed by atoms with Crippen molar-refractivity contribution in [1.29, 1.82) is 0 Å². The Morgan fingerprint density at radius 3 is 0.866 bits per heavy atom. The van der Waals surface area contributed by atoms with Crippen LogP contribution < -0.4 is 0 Å². The van der Waals surface area contributed by atoms with Crippen molar-refractivity contribution in [3.05, 3.63) is 388 Å². The van der Waals surface area contributed by atoms with Gasteiger partial charge in [-0.3, -0.25) is 0 Å². The number of aromatic nitrogens is 8. The van der Waals surface area contributed by atoms with Gasteiger partial charge in [0.2, 0.25) is 0 Å². The Hall–Kier alpha value is -14.4. The molecule has 0 aliphatic heterocycles. The molecule has 0 unspecified atom stereocenters. The van der Waals surface area contributed by atoms with E-state index < -0.39 is 0 Å². The van der Waals surface area contributed by atoms with E-state index in [0.717, 1.165) is 67.0 Å². The van der Waals surface area contributed by atoms with Gasteiger partial charge < -0.3 is 9.13 Å². The van der Waals surface area contributed by atoms with Gasteiger partial charge in [0.05, 0.1) is 22.1 Å². The zero-order valence-electron chi connectivity index (χ0n) is 60.3. The van der Waals surface area contributed by atoms with Crippen molar-refractivity contribution in [2.45, 2.75) is 0 Å². The number of rotatable bonds is 12. The summed E-state index contributed by atoms with van der Waals surface area (Å²) < 4.78 is 9.75. The number of fused-ring (bicyclic) bond motifs is 12. The molecule has 16 aromatic carbocycles. The monoisotopic (exact) mass is 1460 g/mol. The zero-order valence-corrected chi connectivity index (χ0v) is 62.0. The second kappa shape index (κ2) is 28.0. The minimum atomic E-state index is 0.639. The molecule has 0 bridgehead atoms. The molecule has 10 heteroatoms. The van der Waals surface area contributed by atoms with Crippen molar-refractivity contribution in [3.8, 4) is 124 Å². The highest BCUT2D eigenvalue weighted by Crippen LogP contribution is 2.43. The maximum absolute atomic E-state index is 5.10. The minimum Gasteiger partial charge on any atom is -0.309 e. The van der Waals surface area contributed by atoms with Crippen LogP contribution in [0, 0.1) is 0 Å². The summed E-state index contributed by atoms with van der Waals surface area (Å²) in [5.74, 6) is 3.90. The molecule has 8 nitrogen and oxygen atoms in total. The molecule has 0 saturated heterocycles. The van der Waals surface area contributed by atoms with Crippen molar-refractivity contribution in [2.24, 2.45) is 0 Å². The molecule has 0 atom stereocenters. The molecule has 6 heterocycles. The summed E-state index contributed by atoms with van der Waals surface area (Å²) in [6.07, 6.45) is 0. The summed E-state index contributed by atoms with van der Waals surface area (Å²) in [5.41, 5.74) is 22.0. The van der Waals surface area contributed by atoms with E-state index in [-0.39, 0.29) is 0 Å². The van der Waals surface area contributed by atoms with Crippen molar-refractivity contribution < 1.29 is 0 Å². The number of para-hydroxylation sites is 2. The van der Waals surface area contributed by atoms with Crippen molar-refractivity contribution in [2.75, 3.05) is 0 Å². The lowest BCUT2D eigenvalue weighted by molar-refractivity contribution is 1.07. The highest BCUT2D eigenvalue weighted by atomic mass is 32.1. The lowest BCUT2D eigenvalue weighted by Crippen LogP contribution is -2.00. The van der Waals surface area contributed by atoms with Crippen molar-refractivity contribution in [1.82, 2.24) is 39.0 Å². The Morgan fingerprint density at radius 2 is 0.420 bits per heavy atom. The Bertz CT molecular complexity index is 7220. The third-order valence-electron chi connectivity index (χ3n) is 21.3. The Kier molecular flexibility index (Phi) is 16.4. The summed E-state index contributed by atoms with van der Waals surface area (Å²) in [5, 5.41) is 10.0. The van der Waals surface area contributed by atoms with E-state index in [1.807, 2.05) is 36.4 Å². The molecule has 0 saturated carbocycles. The van der Waals surface area contributed by atoms with Crippen molar-refractivity contribution >= 4 is 107 Å². The lowest BCUT2D eigenvalue weighted by Gasteiger charge is -2.12.